The van der Waals surface area contributed by atoms with Gasteiger partial charge in [0.1, 0.15) is 0 Å². The predicted molar refractivity (Wildman–Crippen MR) is 74.2 cm³/mol. The normalized spacial score (nSPS) is 20.4. The summed E-state index contributed by atoms with van der Waals surface area (Å²) in [5.74, 6) is 0.0271. The molecule has 1 heterocycles. The highest BCUT2D eigenvalue weighted by Crippen LogP contribution is 2.03. The Balaban J connectivity index is 2.01. The first kappa shape index (κ1) is 16.4. The molecule has 1 rings (SSSR count). The lowest BCUT2D eigenvalue weighted by molar-refractivity contribution is -0.120. The number of likely N-dealkylation sites (N-methyl/N-ethyl adjacent to an activating group) is 1. The number of amides is 1. The molecular weight excluding hydrogens is 246 g/mol. The first-order chi connectivity index (χ1) is 9.26. The molecule has 2 N–H and O–H groups in total. The van der Waals surface area contributed by atoms with E-state index in [0.717, 1.165) is 39.2 Å². The molecule has 1 atom stereocenters. The van der Waals surface area contributed by atoms with Gasteiger partial charge in [0.25, 0.3) is 0 Å². The van der Waals surface area contributed by atoms with Crippen molar-refractivity contribution in [3.8, 4) is 0 Å². The maximum absolute atomic E-state index is 11.5. The first-order valence-electron chi connectivity index (χ1n) is 7.06. The van der Waals surface area contributed by atoms with Crippen LogP contribution in [0.1, 0.15) is 13.3 Å². The van der Waals surface area contributed by atoms with Crippen molar-refractivity contribution in [3.63, 3.8) is 0 Å². The molecule has 0 aromatic heterocycles. The molecule has 6 nitrogen and oxygen atoms in total. The molecule has 0 saturated carbocycles. The van der Waals surface area contributed by atoms with Crippen molar-refractivity contribution < 1.29 is 14.3 Å². The van der Waals surface area contributed by atoms with Gasteiger partial charge in [0.05, 0.1) is 19.3 Å². The minimum atomic E-state index is 0.0271. The SMILES string of the molecule is CCN1CCOC(CNCC(=O)NCCCOC)C1. The first-order valence-corrected chi connectivity index (χ1v) is 7.06. The van der Waals surface area contributed by atoms with Crippen molar-refractivity contribution in [2.45, 2.75) is 19.4 Å². The second kappa shape index (κ2) is 10.1. The molecule has 112 valence electrons. The number of morpholine rings is 1. The number of carbonyl (C=O) groups excluding carboxylic acids is 1. The maximum Gasteiger partial charge on any atom is 0.233 e. The molecule has 1 fully saturated rings. The molecule has 1 unspecified atom stereocenters. The van der Waals surface area contributed by atoms with Crippen LogP contribution < -0.4 is 10.6 Å². The lowest BCUT2D eigenvalue weighted by atomic mass is 10.2. The highest BCUT2D eigenvalue weighted by atomic mass is 16.5. The number of methoxy groups -OCH3 is 1. The Hall–Kier alpha value is -0.690. The quantitative estimate of drug-likeness (QED) is 0.552. The molecule has 0 aliphatic carbocycles. The van der Waals surface area contributed by atoms with Crippen LogP contribution in [0.5, 0.6) is 0 Å². The van der Waals surface area contributed by atoms with E-state index < -0.39 is 0 Å². The second-order valence-electron chi connectivity index (χ2n) is 4.71. The van der Waals surface area contributed by atoms with Crippen LogP contribution in [0.3, 0.4) is 0 Å². The van der Waals surface area contributed by atoms with Gasteiger partial charge in [-0.05, 0) is 13.0 Å². The van der Waals surface area contributed by atoms with Crippen LogP contribution >= 0.6 is 0 Å². The largest absolute Gasteiger partial charge is 0.385 e. The lowest BCUT2D eigenvalue weighted by Gasteiger charge is -2.32. The van der Waals surface area contributed by atoms with Crippen LogP contribution in [0, 0.1) is 0 Å². The summed E-state index contributed by atoms with van der Waals surface area (Å²) < 4.78 is 10.6. The van der Waals surface area contributed by atoms with E-state index in [0.29, 0.717) is 19.7 Å². The Morgan fingerprint density at radius 3 is 3.11 bits per heavy atom. The zero-order valence-electron chi connectivity index (χ0n) is 12.1. The molecule has 0 aromatic carbocycles. The van der Waals surface area contributed by atoms with Crippen LogP contribution in [0.25, 0.3) is 0 Å². The van der Waals surface area contributed by atoms with Crippen molar-refractivity contribution in [3.05, 3.63) is 0 Å². The van der Waals surface area contributed by atoms with Gasteiger partial charge in [0.2, 0.25) is 5.91 Å². The average Bonchev–Trinajstić information content (AvgIpc) is 2.44. The lowest BCUT2D eigenvalue weighted by Crippen LogP contribution is -2.47. The van der Waals surface area contributed by atoms with Crippen molar-refractivity contribution >= 4 is 5.91 Å². The number of hydrogen-bond donors (Lipinski definition) is 2. The minimum Gasteiger partial charge on any atom is -0.385 e. The van der Waals surface area contributed by atoms with E-state index in [-0.39, 0.29) is 12.0 Å². The van der Waals surface area contributed by atoms with Crippen LogP contribution in [-0.2, 0) is 14.3 Å². The third-order valence-electron chi connectivity index (χ3n) is 3.18. The van der Waals surface area contributed by atoms with Gasteiger partial charge in [-0.1, -0.05) is 6.92 Å². The molecule has 1 aliphatic rings. The van der Waals surface area contributed by atoms with E-state index in [4.69, 9.17) is 9.47 Å². The highest BCUT2D eigenvalue weighted by molar-refractivity contribution is 5.77. The number of nitrogens with one attached hydrogen (secondary N) is 2. The standard InChI is InChI=1S/C13H27N3O3/c1-3-16-6-8-19-12(11-16)9-14-10-13(17)15-5-4-7-18-2/h12,14H,3-11H2,1-2H3,(H,15,17). The summed E-state index contributed by atoms with van der Waals surface area (Å²) in [6, 6.07) is 0. The van der Waals surface area contributed by atoms with Gasteiger partial charge < -0.3 is 20.1 Å². The summed E-state index contributed by atoms with van der Waals surface area (Å²) in [4.78, 5) is 13.9. The summed E-state index contributed by atoms with van der Waals surface area (Å²) >= 11 is 0. The second-order valence-corrected chi connectivity index (χ2v) is 4.71. The Kier molecular flexibility index (Phi) is 8.73. The molecule has 1 aliphatic heterocycles. The van der Waals surface area contributed by atoms with E-state index in [1.54, 1.807) is 7.11 Å². The summed E-state index contributed by atoms with van der Waals surface area (Å²) in [6.07, 6.45) is 1.04. The molecule has 0 aromatic rings. The number of ether oxygens (including phenoxy) is 2. The monoisotopic (exact) mass is 273 g/mol. The molecular formula is C13H27N3O3. The van der Waals surface area contributed by atoms with Crippen LogP contribution in [-0.4, -0.2) is 76.5 Å². The maximum atomic E-state index is 11.5. The number of nitrogens with zero attached hydrogens (tertiary/aromatic N) is 1. The Morgan fingerprint density at radius 2 is 2.37 bits per heavy atom. The summed E-state index contributed by atoms with van der Waals surface area (Å²) in [6.45, 7) is 8.35. The van der Waals surface area contributed by atoms with Crippen molar-refractivity contribution in [1.29, 1.82) is 0 Å². The van der Waals surface area contributed by atoms with E-state index in [9.17, 15) is 4.79 Å². The molecule has 0 bridgehead atoms. The van der Waals surface area contributed by atoms with Gasteiger partial charge >= 0.3 is 0 Å². The number of rotatable bonds is 9. The topological polar surface area (TPSA) is 62.8 Å². The molecule has 1 amide bonds. The summed E-state index contributed by atoms with van der Waals surface area (Å²) in [5, 5.41) is 5.99. The Bertz CT molecular complexity index is 251. The van der Waals surface area contributed by atoms with Gasteiger partial charge in [-0.2, -0.15) is 0 Å². The van der Waals surface area contributed by atoms with E-state index >= 15 is 0 Å². The predicted octanol–water partition coefficient (Wildman–Crippen LogP) is -0.551. The molecule has 6 heteroatoms. The number of carbonyl (C=O) groups is 1. The third-order valence-corrected chi connectivity index (χ3v) is 3.18. The highest BCUT2D eigenvalue weighted by Gasteiger charge is 2.18. The zero-order chi connectivity index (χ0) is 13.9. The fraction of sp³-hybridized carbons (Fsp3) is 0.923. The van der Waals surface area contributed by atoms with Crippen molar-refractivity contribution in [1.82, 2.24) is 15.5 Å². The van der Waals surface area contributed by atoms with Gasteiger partial charge in [0.15, 0.2) is 0 Å². The fourth-order valence-corrected chi connectivity index (χ4v) is 2.04. The zero-order valence-corrected chi connectivity index (χ0v) is 12.1. The summed E-state index contributed by atoms with van der Waals surface area (Å²) in [7, 11) is 1.66. The fourth-order valence-electron chi connectivity index (χ4n) is 2.04. The van der Waals surface area contributed by atoms with Crippen LogP contribution in [0.15, 0.2) is 0 Å². The van der Waals surface area contributed by atoms with Crippen LogP contribution in [0.4, 0.5) is 0 Å². The van der Waals surface area contributed by atoms with Gasteiger partial charge in [0, 0.05) is 39.9 Å². The third kappa shape index (κ3) is 7.47. The average molecular weight is 273 g/mol. The molecule has 1 saturated heterocycles. The van der Waals surface area contributed by atoms with Crippen LogP contribution in [0.2, 0.25) is 0 Å². The molecule has 0 radical (unpaired) electrons. The van der Waals surface area contributed by atoms with Gasteiger partial charge in [-0.3, -0.25) is 9.69 Å². The van der Waals surface area contributed by atoms with E-state index in [1.807, 2.05) is 0 Å². The smallest absolute Gasteiger partial charge is 0.233 e. The van der Waals surface area contributed by atoms with E-state index in [1.165, 1.54) is 0 Å². The number of hydrogen-bond acceptors (Lipinski definition) is 5. The molecule has 19 heavy (non-hydrogen) atoms. The Labute approximate surface area is 115 Å². The summed E-state index contributed by atoms with van der Waals surface area (Å²) in [5.41, 5.74) is 0. The van der Waals surface area contributed by atoms with Gasteiger partial charge in [-0.25, -0.2) is 0 Å². The van der Waals surface area contributed by atoms with Crippen molar-refractivity contribution in [2.75, 3.05) is 59.6 Å². The van der Waals surface area contributed by atoms with Crippen molar-refractivity contribution in [2.24, 2.45) is 0 Å². The minimum absolute atomic E-state index is 0.0271. The van der Waals surface area contributed by atoms with E-state index in [2.05, 4.69) is 22.5 Å². The molecule has 0 spiro atoms. The Morgan fingerprint density at radius 1 is 1.53 bits per heavy atom. The van der Waals surface area contributed by atoms with Gasteiger partial charge in [-0.15, -0.1) is 0 Å².